The number of hydrogen-bond donors (Lipinski definition) is 0. The molecule has 3 nitrogen and oxygen atoms in total. The Morgan fingerprint density at radius 3 is 2.88 bits per heavy atom. The molecule has 3 rings (SSSR count). The summed E-state index contributed by atoms with van der Waals surface area (Å²) in [5.74, 6) is 1.14. The third-order valence-electron chi connectivity index (χ3n) is 3.11. The Balaban J connectivity index is 2.12. The van der Waals surface area contributed by atoms with Crippen molar-refractivity contribution in [3.63, 3.8) is 0 Å². The summed E-state index contributed by atoms with van der Waals surface area (Å²) in [4.78, 5) is 13.7. The Labute approximate surface area is 99.1 Å². The molecular formula is C12H15N3S. The summed E-state index contributed by atoms with van der Waals surface area (Å²) < 4.78 is 0. The van der Waals surface area contributed by atoms with Gasteiger partial charge in [0, 0.05) is 18.0 Å². The van der Waals surface area contributed by atoms with Crippen LogP contribution in [0.1, 0.15) is 24.6 Å². The van der Waals surface area contributed by atoms with Crippen LogP contribution in [0.2, 0.25) is 0 Å². The summed E-state index contributed by atoms with van der Waals surface area (Å²) in [6, 6.07) is 2.26. The van der Waals surface area contributed by atoms with E-state index in [0.29, 0.717) is 0 Å². The van der Waals surface area contributed by atoms with E-state index >= 15 is 0 Å². The van der Waals surface area contributed by atoms with Crippen LogP contribution < -0.4 is 4.90 Å². The molecule has 2 aromatic rings. The summed E-state index contributed by atoms with van der Waals surface area (Å²) in [6.07, 6.45) is 5.36. The molecule has 0 aromatic carbocycles. The van der Waals surface area contributed by atoms with Crippen LogP contribution in [0.25, 0.3) is 10.2 Å². The third kappa shape index (κ3) is 1.57. The van der Waals surface area contributed by atoms with Crippen molar-refractivity contribution >= 4 is 27.4 Å². The van der Waals surface area contributed by atoms with E-state index in [1.165, 1.54) is 23.1 Å². The molecule has 84 valence electrons. The van der Waals surface area contributed by atoms with Crippen LogP contribution in [0.15, 0.2) is 12.4 Å². The first-order chi connectivity index (χ1) is 7.88. The van der Waals surface area contributed by atoms with Crippen LogP contribution in [0.4, 0.5) is 5.82 Å². The van der Waals surface area contributed by atoms with Gasteiger partial charge in [0.05, 0.1) is 5.39 Å². The van der Waals surface area contributed by atoms with E-state index < -0.39 is 0 Å². The molecule has 0 amide bonds. The SMILES string of the molecule is CCc1cc2c(N3CCCC3)ncnc2s1. The summed E-state index contributed by atoms with van der Waals surface area (Å²) in [5, 5.41) is 1.24. The van der Waals surface area contributed by atoms with Crippen molar-refractivity contribution in [1.29, 1.82) is 0 Å². The van der Waals surface area contributed by atoms with Crippen molar-refractivity contribution in [3.05, 3.63) is 17.3 Å². The van der Waals surface area contributed by atoms with Gasteiger partial charge in [0.2, 0.25) is 0 Å². The summed E-state index contributed by atoms with van der Waals surface area (Å²) >= 11 is 1.79. The van der Waals surface area contributed by atoms with Crippen LogP contribution in [0, 0.1) is 0 Å². The van der Waals surface area contributed by atoms with Crippen LogP contribution in [0.5, 0.6) is 0 Å². The lowest BCUT2D eigenvalue weighted by Crippen LogP contribution is -2.19. The molecule has 3 heterocycles. The fourth-order valence-corrected chi connectivity index (χ4v) is 3.18. The Bertz CT molecular complexity index is 500. The molecule has 0 saturated carbocycles. The first-order valence-corrected chi connectivity index (χ1v) is 6.68. The number of fused-ring (bicyclic) bond motifs is 1. The van der Waals surface area contributed by atoms with Gasteiger partial charge in [-0.2, -0.15) is 0 Å². The van der Waals surface area contributed by atoms with E-state index in [0.717, 1.165) is 30.2 Å². The molecule has 1 aliphatic rings. The van der Waals surface area contributed by atoms with Gasteiger partial charge in [-0.15, -0.1) is 11.3 Å². The maximum Gasteiger partial charge on any atom is 0.140 e. The topological polar surface area (TPSA) is 29.0 Å². The number of aromatic nitrogens is 2. The zero-order valence-corrected chi connectivity index (χ0v) is 10.3. The van der Waals surface area contributed by atoms with Gasteiger partial charge >= 0.3 is 0 Å². The van der Waals surface area contributed by atoms with Crippen molar-refractivity contribution in [1.82, 2.24) is 9.97 Å². The number of aryl methyl sites for hydroxylation is 1. The van der Waals surface area contributed by atoms with Crippen LogP contribution >= 0.6 is 11.3 Å². The fourth-order valence-electron chi connectivity index (χ4n) is 2.25. The largest absolute Gasteiger partial charge is 0.356 e. The zero-order chi connectivity index (χ0) is 11.0. The van der Waals surface area contributed by atoms with Gasteiger partial charge in [-0.1, -0.05) is 6.92 Å². The van der Waals surface area contributed by atoms with Gasteiger partial charge < -0.3 is 4.90 Å². The molecule has 16 heavy (non-hydrogen) atoms. The van der Waals surface area contributed by atoms with E-state index in [2.05, 4.69) is 27.9 Å². The Hall–Kier alpha value is -1.16. The van der Waals surface area contributed by atoms with Crippen molar-refractivity contribution < 1.29 is 0 Å². The minimum Gasteiger partial charge on any atom is -0.356 e. The second kappa shape index (κ2) is 4.01. The molecule has 0 atom stereocenters. The molecule has 1 aliphatic heterocycles. The average molecular weight is 233 g/mol. The molecule has 4 heteroatoms. The summed E-state index contributed by atoms with van der Waals surface area (Å²) in [6.45, 7) is 4.47. The highest BCUT2D eigenvalue weighted by molar-refractivity contribution is 7.18. The van der Waals surface area contributed by atoms with E-state index in [1.54, 1.807) is 17.7 Å². The first kappa shape index (κ1) is 10.0. The standard InChI is InChI=1S/C12H15N3S/c1-2-9-7-10-11(15-5-3-4-6-15)13-8-14-12(10)16-9/h7-8H,2-6H2,1H3. The van der Waals surface area contributed by atoms with Crippen molar-refractivity contribution in [2.45, 2.75) is 26.2 Å². The molecule has 0 aliphatic carbocycles. The molecule has 1 fully saturated rings. The lowest BCUT2D eigenvalue weighted by molar-refractivity contribution is 0.940. The normalized spacial score (nSPS) is 16.2. The van der Waals surface area contributed by atoms with E-state index in [1.807, 2.05) is 0 Å². The van der Waals surface area contributed by atoms with Crippen LogP contribution in [-0.2, 0) is 6.42 Å². The molecule has 0 bridgehead atoms. The highest BCUT2D eigenvalue weighted by Gasteiger charge is 2.17. The lowest BCUT2D eigenvalue weighted by atomic mass is 10.3. The molecule has 2 aromatic heterocycles. The van der Waals surface area contributed by atoms with Crippen LogP contribution in [-0.4, -0.2) is 23.1 Å². The molecule has 1 saturated heterocycles. The monoisotopic (exact) mass is 233 g/mol. The number of nitrogens with zero attached hydrogens (tertiary/aromatic N) is 3. The maximum atomic E-state index is 4.46. The number of anilines is 1. The van der Waals surface area contributed by atoms with Crippen molar-refractivity contribution in [2.75, 3.05) is 18.0 Å². The average Bonchev–Trinajstić information content (AvgIpc) is 2.97. The van der Waals surface area contributed by atoms with Gasteiger partial charge in [0.15, 0.2) is 0 Å². The minimum atomic E-state index is 1.08. The molecule has 0 N–H and O–H groups in total. The lowest BCUT2D eigenvalue weighted by Gasteiger charge is -2.16. The summed E-state index contributed by atoms with van der Waals surface area (Å²) in [5.41, 5.74) is 0. The fraction of sp³-hybridized carbons (Fsp3) is 0.500. The van der Waals surface area contributed by atoms with Crippen LogP contribution in [0.3, 0.4) is 0 Å². The summed E-state index contributed by atoms with van der Waals surface area (Å²) in [7, 11) is 0. The second-order valence-electron chi connectivity index (χ2n) is 4.18. The second-order valence-corrected chi connectivity index (χ2v) is 5.29. The van der Waals surface area contributed by atoms with Gasteiger partial charge in [-0.25, -0.2) is 9.97 Å². The Morgan fingerprint density at radius 1 is 1.31 bits per heavy atom. The molecular weight excluding hydrogens is 218 g/mol. The first-order valence-electron chi connectivity index (χ1n) is 5.87. The van der Waals surface area contributed by atoms with Crippen molar-refractivity contribution in [2.24, 2.45) is 0 Å². The highest BCUT2D eigenvalue weighted by Crippen LogP contribution is 2.31. The Kier molecular flexibility index (Phi) is 2.52. The van der Waals surface area contributed by atoms with Crippen molar-refractivity contribution in [3.8, 4) is 0 Å². The van der Waals surface area contributed by atoms with Gasteiger partial charge in [-0.05, 0) is 25.3 Å². The molecule has 0 spiro atoms. The minimum absolute atomic E-state index is 1.08. The molecule has 0 unspecified atom stereocenters. The smallest absolute Gasteiger partial charge is 0.140 e. The zero-order valence-electron chi connectivity index (χ0n) is 9.44. The predicted octanol–water partition coefficient (Wildman–Crippen LogP) is 2.85. The quantitative estimate of drug-likeness (QED) is 0.798. The number of thiophene rings is 1. The highest BCUT2D eigenvalue weighted by atomic mass is 32.1. The van der Waals surface area contributed by atoms with Gasteiger partial charge in [0.1, 0.15) is 17.0 Å². The number of rotatable bonds is 2. The van der Waals surface area contributed by atoms with Gasteiger partial charge in [0.25, 0.3) is 0 Å². The number of hydrogen-bond acceptors (Lipinski definition) is 4. The van der Waals surface area contributed by atoms with E-state index in [9.17, 15) is 0 Å². The molecule has 0 radical (unpaired) electrons. The van der Waals surface area contributed by atoms with E-state index in [-0.39, 0.29) is 0 Å². The Morgan fingerprint density at radius 2 is 2.12 bits per heavy atom. The van der Waals surface area contributed by atoms with E-state index in [4.69, 9.17) is 0 Å². The third-order valence-corrected chi connectivity index (χ3v) is 4.30. The maximum absolute atomic E-state index is 4.46. The predicted molar refractivity (Wildman–Crippen MR) is 68.2 cm³/mol. The van der Waals surface area contributed by atoms with Gasteiger partial charge in [-0.3, -0.25) is 0 Å².